The predicted octanol–water partition coefficient (Wildman–Crippen LogP) is 3.68. The molecule has 2 N–H and O–H groups in total. The van der Waals surface area contributed by atoms with E-state index in [1.165, 1.54) is 11.1 Å². The van der Waals surface area contributed by atoms with Crippen LogP contribution in [0.5, 0.6) is 0 Å². The van der Waals surface area contributed by atoms with E-state index in [0.29, 0.717) is 0 Å². The molecule has 21 heavy (non-hydrogen) atoms. The van der Waals surface area contributed by atoms with Crippen LogP contribution in [0.1, 0.15) is 29.7 Å². The quantitative estimate of drug-likeness (QED) is 0.936. The van der Waals surface area contributed by atoms with Crippen LogP contribution in [-0.4, -0.2) is 11.2 Å². The lowest BCUT2D eigenvalue weighted by molar-refractivity contribution is -0.205. The third-order valence-corrected chi connectivity index (χ3v) is 4.14. The molecule has 2 aromatic rings. The highest BCUT2D eigenvalue weighted by atomic mass is 35.5. The van der Waals surface area contributed by atoms with Crippen LogP contribution in [0.2, 0.25) is 5.02 Å². The van der Waals surface area contributed by atoms with Crippen molar-refractivity contribution in [3.8, 4) is 0 Å². The van der Waals surface area contributed by atoms with Crippen LogP contribution in [0.3, 0.4) is 0 Å². The average Bonchev–Trinajstić information content (AvgIpc) is 2.89. The minimum atomic E-state index is -0.175. The van der Waals surface area contributed by atoms with Gasteiger partial charge in [-0.15, -0.1) is 0 Å². The fourth-order valence-electron chi connectivity index (χ4n) is 2.63. The van der Waals surface area contributed by atoms with Crippen molar-refractivity contribution in [3.63, 3.8) is 0 Å². The van der Waals surface area contributed by atoms with Gasteiger partial charge < -0.3 is 5.73 Å². The number of hydroxylamine groups is 2. The second-order valence-corrected chi connectivity index (χ2v) is 5.89. The Hall–Kier alpha value is -1.39. The number of benzene rings is 2. The number of hydrogen-bond donors (Lipinski definition) is 1. The maximum atomic E-state index is 6.28. The van der Waals surface area contributed by atoms with Crippen LogP contribution in [-0.2, 0) is 17.9 Å². The number of hydrogen-bond acceptors (Lipinski definition) is 3. The van der Waals surface area contributed by atoms with Gasteiger partial charge in [0.05, 0.1) is 12.1 Å². The Morgan fingerprint density at radius 2 is 1.62 bits per heavy atom. The van der Waals surface area contributed by atoms with Crippen molar-refractivity contribution in [1.29, 1.82) is 0 Å². The first-order valence-corrected chi connectivity index (χ1v) is 7.51. The molecule has 0 bridgehead atoms. The van der Waals surface area contributed by atoms with Gasteiger partial charge in [0.15, 0.2) is 0 Å². The zero-order chi connectivity index (χ0) is 14.8. The Morgan fingerprint density at radius 1 is 1.05 bits per heavy atom. The maximum Gasteiger partial charge on any atom is 0.0957 e. The number of nitrogens with two attached hydrogens (primary N) is 1. The standard InChI is InChI=1S/C17H19ClN2O/c1-12(17(19)13-6-8-16(18)9-7-13)21-20-10-14-4-2-3-5-15(14)11-20/h2-9,12,17H,10-11,19H2,1H3/t12-,17+/m0/s1. The lowest BCUT2D eigenvalue weighted by Gasteiger charge is -2.25. The van der Waals surface area contributed by atoms with E-state index in [9.17, 15) is 0 Å². The molecule has 0 aliphatic carbocycles. The maximum absolute atomic E-state index is 6.28. The molecule has 0 amide bonds. The van der Waals surface area contributed by atoms with E-state index in [-0.39, 0.29) is 12.1 Å². The molecule has 0 radical (unpaired) electrons. The van der Waals surface area contributed by atoms with Crippen LogP contribution in [0.4, 0.5) is 0 Å². The van der Waals surface area contributed by atoms with Crippen molar-refractivity contribution >= 4 is 11.6 Å². The summed E-state index contributed by atoms with van der Waals surface area (Å²) in [6.45, 7) is 3.63. The second-order valence-electron chi connectivity index (χ2n) is 5.45. The third-order valence-electron chi connectivity index (χ3n) is 3.89. The van der Waals surface area contributed by atoms with Gasteiger partial charge in [-0.3, -0.25) is 4.84 Å². The summed E-state index contributed by atoms with van der Waals surface area (Å²) in [5.74, 6) is 0. The van der Waals surface area contributed by atoms with Crippen LogP contribution in [0.25, 0.3) is 0 Å². The minimum absolute atomic E-state index is 0.0968. The summed E-state index contributed by atoms with van der Waals surface area (Å²) in [6.07, 6.45) is -0.0968. The lowest BCUT2D eigenvalue weighted by atomic mass is 10.0. The SMILES string of the molecule is C[C@H](ON1Cc2ccccc2C1)[C@@H](N)c1ccc(Cl)cc1. The summed E-state index contributed by atoms with van der Waals surface area (Å²) in [4.78, 5) is 6.02. The first-order valence-electron chi connectivity index (χ1n) is 7.13. The van der Waals surface area contributed by atoms with Crippen LogP contribution in [0, 0.1) is 0 Å². The molecule has 0 saturated heterocycles. The van der Waals surface area contributed by atoms with Crippen molar-refractivity contribution < 1.29 is 4.84 Å². The average molecular weight is 303 g/mol. The van der Waals surface area contributed by atoms with E-state index >= 15 is 0 Å². The predicted molar refractivity (Wildman–Crippen MR) is 84.6 cm³/mol. The van der Waals surface area contributed by atoms with Crippen LogP contribution < -0.4 is 5.73 Å². The molecular formula is C17H19ClN2O. The summed E-state index contributed by atoms with van der Waals surface area (Å²) in [5.41, 5.74) is 9.96. The molecule has 2 atom stereocenters. The zero-order valence-electron chi connectivity index (χ0n) is 12.0. The fraction of sp³-hybridized carbons (Fsp3) is 0.294. The largest absolute Gasteiger partial charge is 0.322 e. The third kappa shape index (κ3) is 3.27. The molecule has 1 heterocycles. The van der Waals surface area contributed by atoms with E-state index in [0.717, 1.165) is 23.7 Å². The highest BCUT2D eigenvalue weighted by Gasteiger charge is 2.24. The number of fused-ring (bicyclic) bond motifs is 1. The van der Waals surface area contributed by atoms with E-state index in [1.807, 2.05) is 36.3 Å². The molecule has 1 aliphatic heterocycles. The van der Waals surface area contributed by atoms with E-state index in [4.69, 9.17) is 22.2 Å². The monoisotopic (exact) mass is 302 g/mol. The Balaban J connectivity index is 1.62. The fourth-order valence-corrected chi connectivity index (χ4v) is 2.76. The van der Waals surface area contributed by atoms with Gasteiger partial charge in [0.25, 0.3) is 0 Å². The van der Waals surface area contributed by atoms with Crippen molar-refractivity contribution in [2.24, 2.45) is 5.73 Å². The molecule has 0 fully saturated rings. The summed E-state index contributed by atoms with van der Waals surface area (Å²) in [5, 5.41) is 2.69. The van der Waals surface area contributed by atoms with E-state index in [1.54, 1.807) is 0 Å². The van der Waals surface area contributed by atoms with E-state index in [2.05, 4.69) is 24.3 Å². The smallest absolute Gasteiger partial charge is 0.0957 e. The molecule has 0 unspecified atom stereocenters. The zero-order valence-corrected chi connectivity index (χ0v) is 12.8. The van der Waals surface area contributed by atoms with Crippen molar-refractivity contribution in [3.05, 3.63) is 70.2 Å². The summed E-state index contributed by atoms with van der Waals surface area (Å²) in [7, 11) is 0. The Kier molecular flexibility index (Phi) is 4.27. The summed E-state index contributed by atoms with van der Waals surface area (Å²) >= 11 is 5.90. The second kappa shape index (κ2) is 6.16. The van der Waals surface area contributed by atoms with Gasteiger partial charge in [-0.1, -0.05) is 48.0 Å². The molecular weight excluding hydrogens is 284 g/mol. The number of nitrogens with zero attached hydrogens (tertiary/aromatic N) is 1. The highest BCUT2D eigenvalue weighted by Crippen LogP contribution is 2.26. The molecule has 110 valence electrons. The highest BCUT2D eigenvalue weighted by molar-refractivity contribution is 6.30. The Morgan fingerprint density at radius 3 is 2.19 bits per heavy atom. The summed E-state index contributed by atoms with van der Waals surface area (Å²) in [6, 6.07) is 15.8. The first kappa shape index (κ1) is 14.5. The molecule has 0 saturated carbocycles. The molecule has 3 rings (SSSR count). The molecule has 0 spiro atoms. The Bertz CT molecular complexity index is 589. The van der Waals surface area contributed by atoms with Crippen LogP contribution >= 0.6 is 11.6 Å². The lowest BCUT2D eigenvalue weighted by Crippen LogP contribution is -2.32. The van der Waals surface area contributed by atoms with Gasteiger partial charge in [0, 0.05) is 18.1 Å². The van der Waals surface area contributed by atoms with E-state index < -0.39 is 0 Å². The van der Waals surface area contributed by atoms with Gasteiger partial charge in [-0.05, 0) is 35.7 Å². The first-order chi connectivity index (χ1) is 10.1. The van der Waals surface area contributed by atoms with Gasteiger partial charge in [0.1, 0.15) is 0 Å². The molecule has 3 nitrogen and oxygen atoms in total. The number of halogens is 1. The topological polar surface area (TPSA) is 38.5 Å². The van der Waals surface area contributed by atoms with Crippen LogP contribution in [0.15, 0.2) is 48.5 Å². The van der Waals surface area contributed by atoms with Crippen molar-refractivity contribution in [2.45, 2.75) is 32.2 Å². The molecule has 4 heteroatoms. The molecule has 0 aromatic heterocycles. The van der Waals surface area contributed by atoms with Crippen molar-refractivity contribution in [1.82, 2.24) is 5.06 Å². The van der Waals surface area contributed by atoms with Gasteiger partial charge in [-0.25, -0.2) is 0 Å². The van der Waals surface area contributed by atoms with Crippen molar-refractivity contribution in [2.75, 3.05) is 0 Å². The number of rotatable bonds is 4. The van der Waals surface area contributed by atoms with Gasteiger partial charge >= 0.3 is 0 Å². The Labute approximate surface area is 130 Å². The summed E-state index contributed by atoms with van der Waals surface area (Å²) < 4.78 is 0. The van der Waals surface area contributed by atoms with Gasteiger partial charge in [-0.2, -0.15) is 5.06 Å². The molecule has 2 aromatic carbocycles. The molecule has 1 aliphatic rings. The van der Waals surface area contributed by atoms with Gasteiger partial charge in [0.2, 0.25) is 0 Å². The minimum Gasteiger partial charge on any atom is -0.322 e. The normalized spacial score (nSPS) is 17.5.